The van der Waals surface area contributed by atoms with Gasteiger partial charge in [0.2, 0.25) is 5.91 Å². The van der Waals surface area contributed by atoms with Crippen LogP contribution in [-0.4, -0.2) is 35.2 Å². The Morgan fingerprint density at radius 2 is 2.04 bits per heavy atom. The maximum Gasteiger partial charge on any atom is 0.251 e. The minimum atomic E-state index is -0.624. The van der Waals surface area contributed by atoms with Crippen LogP contribution in [0.5, 0.6) is 0 Å². The van der Waals surface area contributed by atoms with E-state index >= 15 is 0 Å². The monoisotopic (exact) mass is 370 g/mol. The average molecular weight is 370 g/mol. The lowest BCUT2D eigenvalue weighted by Crippen LogP contribution is -2.24. The highest BCUT2D eigenvalue weighted by Crippen LogP contribution is 2.16. The van der Waals surface area contributed by atoms with E-state index in [4.69, 9.17) is 4.74 Å². The van der Waals surface area contributed by atoms with Gasteiger partial charge in [0.1, 0.15) is 12.4 Å². The Morgan fingerprint density at radius 3 is 2.85 bits per heavy atom. The summed E-state index contributed by atoms with van der Waals surface area (Å²) in [6.07, 6.45) is 0. The van der Waals surface area contributed by atoms with Crippen molar-refractivity contribution in [2.24, 2.45) is 0 Å². The smallest absolute Gasteiger partial charge is 0.251 e. The van der Waals surface area contributed by atoms with Crippen molar-refractivity contribution in [2.75, 3.05) is 18.5 Å². The number of hydrogen-bond donors (Lipinski definition) is 3. The second-order valence-electron chi connectivity index (χ2n) is 5.82. The number of ether oxygens (including phenoxy) is 1. The molecule has 2 amide bonds. The van der Waals surface area contributed by atoms with Crippen LogP contribution in [0.2, 0.25) is 0 Å². The van der Waals surface area contributed by atoms with Crippen molar-refractivity contribution >= 4 is 28.4 Å². The van der Waals surface area contributed by atoms with Gasteiger partial charge in [-0.15, -0.1) is 0 Å². The number of rotatable bonds is 7. The highest BCUT2D eigenvalue weighted by Gasteiger charge is 2.12. The molecule has 0 aliphatic carbocycles. The Labute approximate surface area is 154 Å². The van der Waals surface area contributed by atoms with Crippen molar-refractivity contribution in [1.29, 1.82) is 0 Å². The number of aromatic nitrogens is 2. The number of para-hydroxylation sites is 1. The first kappa shape index (κ1) is 18.5. The molecule has 7 nitrogen and oxygen atoms in total. The molecule has 0 radical (unpaired) electrons. The lowest BCUT2D eigenvalue weighted by atomic mass is 10.1. The Balaban J connectivity index is 1.68. The van der Waals surface area contributed by atoms with Crippen LogP contribution in [0.25, 0.3) is 10.9 Å². The van der Waals surface area contributed by atoms with E-state index in [9.17, 15) is 14.0 Å². The van der Waals surface area contributed by atoms with Crippen molar-refractivity contribution in [3.63, 3.8) is 0 Å². The van der Waals surface area contributed by atoms with Crippen molar-refractivity contribution in [1.82, 2.24) is 15.5 Å². The standard InChI is InChI=1S/C19H19FN4O3/c1-2-27-11-18(25)22-14-8-12(7-13(20)9-14)19(26)21-10-17-15-5-3-4-6-16(15)23-24-17/h3-9H,2,10-11H2,1H3,(H,21,26)(H,22,25)(H,23,24). The van der Waals surface area contributed by atoms with Gasteiger partial charge in [-0.1, -0.05) is 18.2 Å². The lowest BCUT2D eigenvalue weighted by molar-refractivity contribution is -0.120. The number of anilines is 1. The third-order valence-corrected chi connectivity index (χ3v) is 3.85. The molecule has 2 aromatic carbocycles. The molecule has 140 valence electrons. The number of halogens is 1. The van der Waals surface area contributed by atoms with Gasteiger partial charge in [-0.05, 0) is 31.2 Å². The van der Waals surface area contributed by atoms with E-state index in [2.05, 4.69) is 20.8 Å². The second kappa shape index (κ2) is 8.41. The highest BCUT2D eigenvalue weighted by atomic mass is 19.1. The summed E-state index contributed by atoms with van der Waals surface area (Å²) in [5.41, 5.74) is 1.84. The number of hydrogen-bond acceptors (Lipinski definition) is 4. The molecule has 0 fully saturated rings. The van der Waals surface area contributed by atoms with Crippen LogP contribution in [0, 0.1) is 5.82 Å². The molecule has 0 unspecified atom stereocenters. The number of nitrogens with zero attached hydrogens (tertiary/aromatic N) is 1. The van der Waals surface area contributed by atoms with E-state index in [0.29, 0.717) is 6.61 Å². The molecular formula is C19H19FN4O3. The molecule has 0 atom stereocenters. The predicted octanol–water partition coefficient (Wildman–Crippen LogP) is 2.61. The van der Waals surface area contributed by atoms with Gasteiger partial charge in [0, 0.05) is 23.2 Å². The zero-order valence-electron chi connectivity index (χ0n) is 14.7. The summed E-state index contributed by atoms with van der Waals surface area (Å²) in [6.45, 7) is 2.23. The quantitative estimate of drug-likeness (QED) is 0.596. The summed E-state index contributed by atoms with van der Waals surface area (Å²) in [5.74, 6) is -1.51. The van der Waals surface area contributed by atoms with Crippen LogP contribution in [0.3, 0.4) is 0 Å². The molecule has 0 bridgehead atoms. The number of carbonyl (C=O) groups excluding carboxylic acids is 2. The number of nitrogens with one attached hydrogen (secondary N) is 3. The van der Waals surface area contributed by atoms with Gasteiger partial charge in [-0.2, -0.15) is 5.10 Å². The molecule has 1 heterocycles. The van der Waals surface area contributed by atoms with Gasteiger partial charge >= 0.3 is 0 Å². The van der Waals surface area contributed by atoms with Crippen LogP contribution >= 0.6 is 0 Å². The Hall–Kier alpha value is -3.26. The second-order valence-corrected chi connectivity index (χ2v) is 5.82. The van der Waals surface area contributed by atoms with E-state index in [-0.39, 0.29) is 24.4 Å². The summed E-state index contributed by atoms with van der Waals surface area (Å²) < 4.78 is 18.8. The fourth-order valence-electron chi connectivity index (χ4n) is 2.60. The van der Waals surface area contributed by atoms with E-state index in [1.165, 1.54) is 6.07 Å². The first-order valence-electron chi connectivity index (χ1n) is 8.45. The lowest BCUT2D eigenvalue weighted by Gasteiger charge is -2.09. The molecule has 1 aromatic heterocycles. The molecule has 3 N–H and O–H groups in total. The summed E-state index contributed by atoms with van der Waals surface area (Å²) in [4.78, 5) is 24.1. The first-order chi connectivity index (χ1) is 13.1. The minimum absolute atomic E-state index is 0.102. The number of amides is 2. The molecule has 0 spiro atoms. The average Bonchev–Trinajstić information content (AvgIpc) is 3.07. The largest absolute Gasteiger partial charge is 0.372 e. The van der Waals surface area contributed by atoms with Crippen LogP contribution in [-0.2, 0) is 16.1 Å². The number of carbonyl (C=O) groups is 2. The summed E-state index contributed by atoms with van der Waals surface area (Å²) in [7, 11) is 0. The van der Waals surface area contributed by atoms with Crippen LogP contribution in [0.15, 0.2) is 42.5 Å². The van der Waals surface area contributed by atoms with Gasteiger partial charge in [0.25, 0.3) is 5.91 Å². The fraction of sp³-hybridized carbons (Fsp3) is 0.211. The maximum atomic E-state index is 13.8. The Kier molecular flexibility index (Phi) is 5.77. The third-order valence-electron chi connectivity index (χ3n) is 3.85. The SMILES string of the molecule is CCOCC(=O)Nc1cc(F)cc(C(=O)NCc2[nH]nc3ccccc23)c1. The summed E-state index contributed by atoms with van der Waals surface area (Å²) in [5, 5.41) is 13.2. The molecule has 0 aliphatic rings. The number of H-pyrrole nitrogens is 1. The molecule has 3 rings (SSSR count). The zero-order chi connectivity index (χ0) is 19.2. The molecule has 0 saturated heterocycles. The Bertz CT molecular complexity index is 970. The van der Waals surface area contributed by atoms with Gasteiger partial charge in [0.05, 0.1) is 17.8 Å². The van der Waals surface area contributed by atoms with Gasteiger partial charge in [0.15, 0.2) is 0 Å². The van der Waals surface area contributed by atoms with Crippen molar-refractivity contribution < 1.29 is 18.7 Å². The zero-order valence-corrected chi connectivity index (χ0v) is 14.7. The van der Waals surface area contributed by atoms with E-state index in [1.807, 2.05) is 24.3 Å². The number of benzene rings is 2. The molecule has 8 heteroatoms. The Morgan fingerprint density at radius 1 is 1.22 bits per heavy atom. The first-order valence-corrected chi connectivity index (χ1v) is 8.45. The van der Waals surface area contributed by atoms with Crippen molar-refractivity contribution in [3.05, 3.63) is 59.5 Å². The third kappa shape index (κ3) is 4.68. The normalized spacial score (nSPS) is 10.7. The van der Waals surface area contributed by atoms with Crippen LogP contribution in [0.1, 0.15) is 23.0 Å². The van der Waals surface area contributed by atoms with Crippen molar-refractivity contribution in [2.45, 2.75) is 13.5 Å². The van der Waals surface area contributed by atoms with Crippen molar-refractivity contribution in [3.8, 4) is 0 Å². The summed E-state index contributed by atoms with van der Waals surface area (Å²) >= 11 is 0. The number of fused-ring (bicyclic) bond motifs is 1. The molecule has 0 aliphatic heterocycles. The van der Waals surface area contributed by atoms with E-state index in [1.54, 1.807) is 6.92 Å². The van der Waals surface area contributed by atoms with Gasteiger partial charge < -0.3 is 15.4 Å². The van der Waals surface area contributed by atoms with Gasteiger partial charge in [-0.3, -0.25) is 14.7 Å². The topological polar surface area (TPSA) is 96.1 Å². The molecule has 0 saturated carbocycles. The number of aromatic amines is 1. The van der Waals surface area contributed by atoms with Gasteiger partial charge in [-0.25, -0.2) is 4.39 Å². The molecule has 3 aromatic rings. The van der Waals surface area contributed by atoms with E-state index < -0.39 is 17.6 Å². The molecular weight excluding hydrogens is 351 g/mol. The maximum absolute atomic E-state index is 13.8. The molecule has 27 heavy (non-hydrogen) atoms. The van der Waals surface area contributed by atoms with E-state index in [0.717, 1.165) is 28.7 Å². The summed E-state index contributed by atoms with van der Waals surface area (Å²) in [6, 6.07) is 11.2. The fourth-order valence-corrected chi connectivity index (χ4v) is 2.60. The highest BCUT2D eigenvalue weighted by molar-refractivity contribution is 5.97. The van der Waals surface area contributed by atoms with Crippen LogP contribution in [0.4, 0.5) is 10.1 Å². The predicted molar refractivity (Wildman–Crippen MR) is 98.8 cm³/mol. The minimum Gasteiger partial charge on any atom is -0.372 e. The van der Waals surface area contributed by atoms with Crippen LogP contribution < -0.4 is 10.6 Å².